The monoisotopic (exact) mass is 562 g/mol. The third-order valence-corrected chi connectivity index (χ3v) is 7.97. The van der Waals surface area contributed by atoms with Crippen molar-refractivity contribution in [3.63, 3.8) is 0 Å². The van der Waals surface area contributed by atoms with E-state index in [9.17, 15) is 8.42 Å². The standard InChI is InChI=1S/C29H31FN6O3S/c1-19-16-23(36-40(37,38)18-20-6-3-2-4-7-20)17-25(30)27(19)39-28-24(8-5-14-32-28)26-13-15-33-29(35-26)34-22-11-9-21(31)10-12-22/h2-8,13-17,21-22,36H,9-12,18,31H2,1H3,(H,33,34,35)/t21-,22-. The molecule has 0 saturated heterocycles. The number of nitrogens with zero attached hydrogens (tertiary/aromatic N) is 3. The number of sulfonamides is 1. The van der Waals surface area contributed by atoms with Gasteiger partial charge in [-0.25, -0.2) is 27.8 Å². The van der Waals surface area contributed by atoms with Gasteiger partial charge in [0.2, 0.25) is 21.9 Å². The van der Waals surface area contributed by atoms with Gasteiger partial charge in [0, 0.05) is 30.5 Å². The van der Waals surface area contributed by atoms with Crippen molar-refractivity contribution >= 4 is 21.7 Å². The summed E-state index contributed by atoms with van der Waals surface area (Å²) in [6.07, 6.45) is 7.01. The van der Waals surface area contributed by atoms with E-state index in [-0.39, 0.29) is 35.2 Å². The number of benzene rings is 2. The van der Waals surface area contributed by atoms with E-state index in [1.54, 1.807) is 61.8 Å². The Morgan fingerprint density at radius 3 is 2.52 bits per heavy atom. The quantitative estimate of drug-likeness (QED) is 0.247. The van der Waals surface area contributed by atoms with E-state index < -0.39 is 15.8 Å². The van der Waals surface area contributed by atoms with Crippen LogP contribution in [0.4, 0.5) is 16.0 Å². The van der Waals surface area contributed by atoms with Crippen molar-refractivity contribution in [1.82, 2.24) is 15.0 Å². The predicted molar refractivity (Wildman–Crippen MR) is 153 cm³/mol. The van der Waals surface area contributed by atoms with Crippen LogP contribution in [-0.4, -0.2) is 35.5 Å². The summed E-state index contributed by atoms with van der Waals surface area (Å²) in [5.41, 5.74) is 8.27. The van der Waals surface area contributed by atoms with Crippen LogP contribution in [0.25, 0.3) is 11.3 Å². The lowest BCUT2D eigenvalue weighted by atomic mass is 9.92. The Morgan fingerprint density at radius 2 is 1.77 bits per heavy atom. The Labute approximate surface area is 233 Å². The lowest BCUT2D eigenvalue weighted by Crippen LogP contribution is -2.33. The molecule has 0 radical (unpaired) electrons. The third-order valence-electron chi connectivity index (χ3n) is 6.71. The molecule has 2 aromatic carbocycles. The predicted octanol–water partition coefficient (Wildman–Crippen LogP) is 5.40. The number of ether oxygens (including phenoxy) is 1. The third kappa shape index (κ3) is 6.91. The number of hydrogen-bond donors (Lipinski definition) is 3. The molecule has 0 bridgehead atoms. The summed E-state index contributed by atoms with van der Waals surface area (Å²) in [7, 11) is -3.75. The van der Waals surface area contributed by atoms with Gasteiger partial charge < -0.3 is 15.8 Å². The molecule has 0 aliphatic heterocycles. The number of hydrogen-bond acceptors (Lipinski definition) is 8. The maximum atomic E-state index is 15.3. The van der Waals surface area contributed by atoms with Crippen molar-refractivity contribution in [2.24, 2.45) is 5.73 Å². The van der Waals surface area contributed by atoms with E-state index >= 15 is 4.39 Å². The van der Waals surface area contributed by atoms with Crippen LogP contribution in [0.2, 0.25) is 0 Å². The van der Waals surface area contributed by atoms with E-state index in [1.807, 2.05) is 6.07 Å². The van der Waals surface area contributed by atoms with Gasteiger partial charge in [-0.05, 0) is 68.0 Å². The van der Waals surface area contributed by atoms with Gasteiger partial charge in [-0.15, -0.1) is 0 Å². The maximum absolute atomic E-state index is 15.3. The number of anilines is 2. The van der Waals surface area contributed by atoms with Gasteiger partial charge >= 0.3 is 0 Å². The fourth-order valence-electron chi connectivity index (χ4n) is 4.72. The van der Waals surface area contributed by atoms with Crippen LogP contribution in [0, 0.1) is 12.7 Å². The largest absolute Gasteiger partial charge is 0.435 e. The Hall–Kier alpha value is -4.09. The van der Waals surface area contributed by atoms with E-state index in [4.69, 9.17) is 10.5 Å². The van der Waals surface area contributed by atoms with Gasteiger partial charge in [-0.1, -0.05) is 30.3 Å². The summed E-state index contributed by atoms with van der Waals surface area (Å²) in [6.45, 7) is 1.64. The highest BCUT2D eigenvalue weighted by atomic mass is 32.2. The van der Waals surface area contributed by atoms with Gasteiger partial charge in [0.05, 0.1) is 22.7 Å². The van der Waals surface area contributed by atoms with Crippen molar-refractivity contribution in [3.8, 4) is 22.9 Å². The first kappa shape index (κ1) is 27.5. The number of rotatable bonds is 9. The molecular weight excluding hydrogens is 531 g/mol. The summed E-state index contributed by atoms with van der Waals surface area (Å²) in [4.78, 5) is 13.3. The van der Waals surface area contributed by atoms with E-state index in [0.29, 0.717) is 28.3 Å². The number of nitrogens with one attached hydrogen (secondary N) is 2. The fraction of sp³-hybridized carbons (Fsp3) is 0.276. The van der Waals surface area contributed by atoms with Crippen molar-refractivity contribution in [3.05, 3.63) is 90.0 Å². The van der Waals surface area contributed by atoms with Gasteiger partial charge in [-0.3, -0.25) is 4.72 Å². The molecule has 208 valence electrons. The Morgan fingerprint density at radius 1 is 1.00 bits per heavy atom. The summed E-state index contributed by atoms with van der Waals surface area (Å²) in [5, 5.41) is 3.38. The maximum Gasteiger partial charge on any atom is 0.236 e. The van der Waals surface area contributed by atoms with Crippen molar-refractivity contribution in [1.29, 1.82) is 0 Å². The second-order valence-electron chi connectivity index (χ2n) is 9.93. The molecule has 1 aliphatic rings. The lowest BCUT2D eigenvalue weighted by molar-refractivity contribution is 0.410. The lowest BCUT2D eigenvalue weighted by Gasteiger charge is -2.26. The molecule has 1 saturated carbocycles. The Bertz CT molecular complexity index is 1550. The van der Waals surface area contributed by atoms with Crippen LogP contribution in [0.5, 0.6) is 11.6 Å². The summed E-state index contributed by atoms with van der Waals surface area (Å²) in [6, 6.07) is 17.1. The topological polar surface area (TPSA) is 132 Å². The summed E-state index contributed by atoms with van der Waals surface area (Å²) >= 11 is 0. The van der Waals surface area contributed by atoms with E-state index in [1.165, 1.54) is 6.07 Å². The molecule has 40 heavy (non-hydrogen) atoms. The molecule has 0 unspecified atom stereocenters. The molecule has 1 fully saturated rings. The summed E-state index contributed by atoms with van der Waals surface area (Å²) < 4.78 is 48.9. The number of nitrogens with two attached hydrogens (primary N) is 1. The van der Waals surface area contributed by atoms with Crippen LogP contribution in [0.15, 0.2) is 73.1 Å². The zero-order valence-electron chi connectivity index (χ0n) is 22.0. The molecule has 1 aliphatic carbocycles. The summed E-state index contributed by atoms with van der Waals surface area (Å²) in [5.74, 6) is -0.363. The molecular formula is C29H31FN6O3S. The Balaban J connectivity index is 1.34. The minimum Gasteiger partial charge on any atom is -0.435 e. The number of aryl methyl sites for hydroxylation is 1. The average Bonchev–Trinajstić information content (AvgIpc) is 2.92. The molecule has 0 atom stereocenters. The molecule has 5 rings (SSSR count). The van der Waals surface area contributed by atoms with Crippen molar-refractivity contribution in [2.75, 3.05) is 10.0 Å². The highest BCUT2D eigenvalue weighted by molar-refractivity contribution is 7.91. The molecule has 4 aromatic rings. The van der Waals surface area contributed by atoms with Crippen LogP contribution in [0.1, 0.15) is 36.8 Å². The van der Waals surface area contributed by atoms with Crippen molar-refractivity contribution < 1.29 is 17.5 Å². The normalized spacial score (nSPS) is 17.3. The fourth-order valence-corrected chi connectivity index (χ4v) is 5.90. The highest BCUT2D eigenvalue weighted by Gasteiger charge is 2.21. The van der Waals surface area contributed by atoms with Crippen molar-refractivity contribution in [2.45, 2.75) is 50.4 Å². The van der Waals surface area contributed by atoms with Gasteiger partial charge in [0.25, 0.3) is 0 Å². The molecule has 2 aromatic heterocycles. The Kier molecular flexibility index (Phi) is 8.22. The first-order valence-corrected chi connectivity index (χ1v) is 14.7. The average molecular weight is 563 g/mol. The number of aromatic nitrogens is 3. The molecule has 4 N–H and O–H groups in total. The van der Waals surface area contributed by atoms with E-state index in [2.05, 4.69) is 25.0 Å². The minimum atomic E-state index is -3.75. The zero-order valence-corrected chi connectivity index (χ0v) is 22.9. The highest BCUT2D eigenvalue weighted by Crippen LogP contribution is 2.35. The van der Waals surface area contributed by atoms with Gasteiger partial charge in [-0.2, -0.15) is 0 Å². The first-order valence-electron chi connectivity index (χ1n) is 13.1. The smallest absolute Gasteiger partial charge is 0.236 e. The second-order valence-corrected chi connectivity index (χ2v) is 11.7. The van der Waals surface area contributed by atoms with Crippen LogP contribution < -0.4 is 20.5 Å². The molecule has 11 heteroatoms. The number of pyridine rings is 1. The molecule has 9 nitrogen and oxygen atoms in total. The second kappa shape index (κ2) is 12.0. The van der Waals surface area contributed by atoms with Crippen LogP contribution in [-0.2, 0) is 15.8 Å². The van der Waals surface area contributed by atoms with E-state index in [0.717, 1.165) is 31.7 Å². The van der Waals surface area contributed by atoms with Crippen LogP contribution in [0.3, 0.4) is 0 Å². The van der Waals surface area contributed by atoms with Gasteiger partial charge in [0.1, 0.15) is 0 Å². The molecule has 0 spiro atoms. The molecule has 0 amide bonds. The number of halogens is 1. The van der Waals surface area contributed by atoms with Gasteiger partial charge in [0.15, 0.2) is 11.6 Å². The SMILES string of the molecule is Cc1cc(NS(=O)(=O)Cc2ccccc2)cc(F)c1Oc1ncccc1-c1ccnc(N[C@H]2CC[C@H](N)CC2)n1. The first-order chi connectivity index (χ1) is 19.3. The minimum absolute atomic E-state index is 0.0584. The zero-order chi connectivity index (χ0) is 28.1. The van der Waals surface area contributed by atoms with Crippen LogP contribution >= 0.6 is 0 Å². The molecule has 2 heterocycles.